The maximum Gasteiger partial charge on any atom is 0.196 e. The fourth-order valence-corrected chi connectivity index (χ4v) is 1.70. The number of rotatable bonds is 3. The molecule has 1 heterocycles. The first-order valence-electron chi connectivity index (χ1n) is 4.99. The summed E-state index contributed by atoms with van der Waals surface area (Å²) in [6, 6.07) is 6.27. The van der Waals surface area contributed by atoms with Gasteiger partial charge in [-0.1, -0.05) is 12.1 Å². The van der Waals surface area contributed by atoms with Crippen LogP contribution < -0.4 is 0 Å². The molecule has 0 saturated carbocycles. The van der Waals surface area contributed by atoms with Gasteiger partial charge >= 0.3 is 0 Å². The Kier molecular flexibility index (Phi) is 3.25. The van der Waals surface area contributed by atoms with Gasteiger partial charge in [0.2, 0.25) is 0 Å². The molecular weight excluding hydrogens is 229 g/mol. The second kappa shape index (κ2) is 4.66. The van der Waals surface area contributed by atoms with Crippen molar-refractivity contribution < 1.29 is 8.81 Å². The molecule has 0 amide bonds. The molecule has 0 N–H and O–H groups in total. The average Bonchev–Trinajstić information content (AvgIpc) is 2.60. The van der Waals surface area contributed by atoms with E-state index in [1.165, 1.54) is 12.1 Å². The first kappa shape index (κ1) is 11.1. The van der Waals surface area contributed by atoms with Crippen LogP contribution in [0.5, 0.6) is 0 Å². The van der Waals surface area contributed by atoms with Crippen LogP contribution in [0.2, 0.25) is 0 Å². The molecule has 1 aromatic heterocycles. The summed E-state index contributed by atoms with van der Waals surface area (Å²) in [5.74, 6) is 1.38. The van der Waals surface area contributed by atoms with Gasteiger partial charge in [-0.3, -0.25) is 0 Å². The Morgan fingerprint density at radius 1 is 1.44 bits per heavy atom. The number of aromatic nitrogens is 1. The van der Waals surface area contributed by atoms with Crippen molar-refractivity contribution in [3.63, 3.8) is 0 Å². The number of benzene rings is 1. The quantitative estimate of drug-likeness (QED) is 0.766. The molecule has 2 aromatic rings. The zero-order valence-corrected chi connectivity index (χ0v) is 9.59. The lowest BCUT2D eigenvalue weighted by Crippen LogP contribution is -1.84. The van der Waals surface area contributed by atoms with Gasteiger partial charge < -0.3 is 4.42 Å². The van der Waals surface area contributed by atoms with Crippen molar-refractivity contribution in [3.8, 4) is 11.3 Å². The van der Waals surface area contributed by atoms with Crippen LogP contribution in [0, 0.1) is 12.7 Å². The van der Waals surface area contributed by atoms with Crippen LogP contribution in [0.15, 0.2) is 28.7 Å². The first-order chi connectivity index (χ1) is 7.70. The summed E-state index contributed by atoms with van der Waals surface area (Å²) >= 11 is 5.61. The summed E-state index contributed by atoms with van der Waals surface area (Å²) in [5.41, 5.74) is 1.46. The average molecular weight is 240 g/mol. The van der Waals surface area contributed by atoms with E-state index in [0.29, 0.717) is 29.5 Å². The molecule has 4 heteroatoms. The lowest BCUT2D eigenvalue weighted by atomic mass is 10.1. The van der Waals surface area contributed by atoms with Crippen molar-refractivity contribution in [2.45, 2.75) is 13.3 Å². The molecule has 1 aromatic carbocycles. The number of nitrogens with zero attached hydrogens (tertiary/aromatic N) is 1. The molecule has 0 spiro atoms. The summed E-state index contributed by atoms with van der Waals surface area (Å²) in [6.45, 7) is 1.83. The highest BCUT2D eigenvalue weighted by Crippen LogP contribution is 2.25. The van der Waals surface area contributed by atoms with E-state index in [0.717, 1.165) is 5.69 Å². The molecule has 0 fully saturated rings. The third-order valence-electron chi connectivity index (χ3n) is 2.24. The Bertz CT molecular complexity index is 496. The minimum Gasteiger partial charge on any atom is -0.440 e. The van der Waals surface area contributed by atoms with Crippen molar-refractivity contribution in [2.75, 3.05) is 5.88 Å². The molecule has 0 aliphatic rings. The number of hydrogen-bond acceptors (Lipinski definition) is 2. The number of aryl methyl sites for hydroxylation is 2. The van der Waals surface area contributed by atoms with Gasteiger partial charge in [-0.05, 0) is 19.1 Å². The van der Waals surface area contributed by atoms with Crippen LogP contribution in [0.1, 0.15) is 11.6 Å². The summed E-state index contributed by atoms with van der Waals surface area (Å²) in [7, 11) is 0. The van der Waals surface area contributed by atoms with E-state index < -0.39 is 0 Å². The Hall–Kier alpha value is -1.35. The molecule has 0 radical (unpaired) electrons. The standard InChI is InChI=1S/C12H11ClFNO/c1-8-12(16-11(15-8)5-6-13)9-3-2-4-10(14)7-9/h2-4,7H,5-6H2,1H3. The molecule has 0 aliphatic heterocycles. The van der Waals surface area contributed by atoms with E-state index in [1.807, 2.05) is 6.92 Å². The fraction of sp³-hybridized carbons (Fsp3) is 0.250. The van der Waals surface area contributed by atoms with E-state index in [4.69, 9.17) is 16.0 Å². The third-order valence-corrected chi connectivity index (χ3v) is 2.43. The van der Waals surface area contributed by atoms with Crippen LogP contribution in [0.3, 0.4) is 0 Å². The Morgan fingerprint density at radius 3 is 2.94 bits per heavy atom. The van der Waals surface area contributed by atoms with Gasteiger partial charge in [0.15, 0.2) is 11.7 Å². The molecule has 2 rings (SSSR count). The Morgan fingerprint density at radius 2 is 2.25 bits per heavy atom. The Balaban J connectivity index is 2.40. The normalized spacial score (nSPS) is 10.7. The summed E-state index contributed by atoms with van der Waals surface area (Å²) < 4.78 is 18.6. The van der Waals surface area contributed by atoms with E-state index in [2.05, 4.69) is 4.98 Å². The number of alkyl halides is 1. The maximum atomic E-state index is 13.1. The minimum absolute atomic E-state index is 0.285. The maximum absolute atomic E-state index is 13.1. The lowest BCUT2D eigenvalue weighted by molar-refractivity contribution is 0.514. The van der Waals surface area contributed by atoms with E-state index in [1.54, 1.807) is 12.1 Å². The van der Waals surface area contributed by atoms with Gasteiger partial charge in [-0.2, -0.15) is 0 Å². The van der Waals surface area contributed by atoms with Crippen molar-refractivity contribution in [1.82, 2.24) is 4.98 Å². The monoisotopic (exact) mass is 239 g/mol. The highest BCUT2D eigenvalue weighted by atomic mass is 35.5. The van der Waals surface area contributed by atoms with Crippen LogP contribution >= 0.6 is 11.6 Å². The number of oxazole rings is 1. The second-order valence-corrected chi connectivity index (χ2v) is 3.85. The predicted molar refractivity (Wildman–Crippen MR) is 61.1 cm³/mol. The van der Waals surface area contributed by atoms with Gasteiger partial charge in [0.25, 0.3) is 0 Å². The van der Waals surface area contributed by atoms with Gasteiger partial charge in [0.1, 0.15) is 5.82 Å². The molecule has 0 bridgehead atoms. The Labute approximate surface area is 98.1 Å². The zero-order chi connectivity index (χ0) is 11.5. The molecule has 16 heavy (non-hydrogen) atoms. The van der Waals surface area contributed by atoms with Crippen molar-refractivity contribution in [3.05, 3.63) is 41.7 Å². The van der Waals surface area contributed by atoms with Crippen molar-refractivity contribution in [1.29, 1.82) is 0 Å². The predicted octanol–water partition coefficient (Wildman–Crippen LogP) is 3.57. The zero-order valence-electron chi connectivity index (χ0n) is 8.84. The van der Waals surface area contributed by atoms with E-state index >= 15 is 0 Å². The highest BCUT2D eigenvalue weighted by molar-refractivity contribution is 6.17. The first-order valence-corrected chi connectivity index (χ1v) is 5.52. The highest BCUT2D eigenvalue weighted by Gasteiger charge is 2.11. The number of halogens is 2. The number of hydrogen-bond donors (Lipinski definition) is 0. The van der Waals surface area contributed by atoms with E-state index in [9.17, 15) is 4.39 Å². The van der Waals surface area contributed by atoms with Gasteiger partial charge in [0.05, 0.1) is 5.69 Å². The van der Waals surface area contributed by atoms with Crippen LogP contribution in [0.4, 0.5) is 4.39 Å². The van der Waals surface area contributed by atoms with Crippen molar-refractivity contribution in [2.24, 2.45) is 0 Å². The SMILES string of the molecule is Cc1nc(CCCl)oc1-c1cccc(F)c1. The smallest absolute Gasteiger partial charge is 0.196 e. The van der Waals surface area contributed by atoms with Crippen LogP contribution in [-0.4, -0.2) is 10.9 Å². The van der Waals surface area contributed by atoms with Crippen LogP contribution in [0.25, 0.3) is 11.3 Å². The summed E-state index contributed by atoms with van der Waals surface area (Å²) in [4.78, 5) is 4.23. The van der Waals surface area contributed by atoms with Gasteiger partial charge in [-0.15, -0.1) is 11.6 Å². The van der Waals surface area contributed by atoms with Gasteiger partial charge in [0, 0.05) is 17.9 Å². The molecule has 0 unspecified atom stereocenters. The van der Waals surface area contributed by atoms with E-state index in [-0.39, 0.29) is 5.82 Å². The minimum atomic E-state index is -0.285. The summed E-state index contributed by atoms with van der Waals surface area (Å²) in [6.07, 6.45) is 0.581. The molecule has 84 valence electrons. The topological polar surface area (TPSA) is 26.0 Å². The molecular formula is C12H11ClFNO. The lowest BCUT2D eigenvalue weighted by Gasteiger charge is -1.97. The van der Waals surface area contributed by atoms with Crippen molar-refractivity contribution >= 4 is 11.6 Å². The third kappa shape index (κ3) is 2.25. The fourth-order valence-electron chi connectivity index (χ4n) is 1.54. The largest absolute Gasteiger partial charge is 0.440 e. The van der Waals surface area contributed by atoms with Gasteiger partial charge in [-0.25, -0.2) is 9.37 Å². The van der Waals surface area contributed by atoms with Crippen LogP contribution in [-0.2, 0) is 6.42 Å². The second-order valence-electron chi connectivity index (χ2n) is 3.47. The molecule has 0 saturated heterocycles. The molecule has 2 nitrogen and oxygen atoms in total. The molecule has 0 atom stereocenters. The summed E-state index contributed by atoms with van der Waals surface area (Å²) in [5, 5.41) is 0. The molecule has 0 aliphatic carbocycles.